The van der Waals surface area contributed by atoms with Gasteiger partial charge in [-0.2, -0.15) is 5.26 Å². The Hall–Kier alpha value is -0.240. The number of unbranched alkanes of at least 4 members (excludes halogenated alkanes) is 11. The van der Waals surface area contributed by atoms with Gasteiger partial charge in [0.05, 0.1) is 25.7 Å². The van der Waals surface area contributed by atoms with Crippen LogP contribution in [0.4, 0.5) is 0 Å². The molecule has 0 fully saturated rings. The molecule has 2 N–H and O–H groups in total. The highest BCUT2D eigenvalue weighted by molar-refractivity contribution is 7.44. The molecule has 0 saturated carbocycles. The second kappa shape index (κ2) is 21.0. The Morgan fingerprint density at radius 1 is 0.793 bits per heavy atom. The van der Waals surface area contributed by atoms with Crippen molar-refractivity contribution >= 4 is 8.53 Å². The van der Waals surface area contributed by atoms with Crippen LogP contribution in [0, 0.1) is 11.3 Å². The van der Waals surface area contributed by atoms with Gasteiger partial charge in [-0.05, 0) is 47.1 Å². The van der Waals surface area contributed by atoms with Crippen molar-refractivity contribution in [2.45, 2.75) is 123 Å². The Balaban J connectivity index is 3.73. The van der Waals surface area contributed by atoms with Crippen LogP contribution in [0.5, 0.6) is 0 Å². The van der Waals surface area contributed by atoms with Gasteiger partial charge >= 0.3 is 0 Å². The van der Waals surface area contributed by atoms with Gasteiger partial charge in [0.2, 0.25) is 0 Å². The summed E-state index contributed by atoms with van der Waals surface area (Å²) in [6, 6.07) is 2.86. The van der Waals surface area contributed by atoms with Crippen molar-refractivity contribution in [2.75, 3.05) is 19.8 Å². The zero-order valence-electron chi connectivity index (χ0n) is 20.6. The van der Waals surface area contributed by atoms with Gasteiger partial charge in [0.15, 0.2) is 0 Å². The number of hydrogen-bond acceptors (Lipinski definition) is 5. The molecule has 0 rings (SSSR count). The van der Waals surface area contributed by atoms with E-state index in [1.807, 2.05) is 0 Å². The predicted molar refractivity (Wildman–Crippen MR) is 126 cm³/mol. The van der Waals surface area contributed by atoms with Crippen LogP contribution in [0.3, 0.4) is 0 Å². The molecule has 0 aliphatic rings. The standard InChI is InChI=1S/C23H48N3O2P/c1-22(2)26(23(3)4)29(28-21-17-19-25)27-20-16-14-12-10-8-6-5-7-9-11-13-15-18-24/h22-23H,5-18,20-21,24H2,1-4H3/i/hT. The lowest BCUT2D eigenvalue weighted by Gasteiger charge is -2.35. The van der Waals surface area contributed by atoms with Gasteiger partial charge in [0.1, 0.15) is 1.41 Å². The number of nitriles is 1. The van der Waals surface area contributed by atoms with Gasteiger partial charge in [-0.15, -0.1) is 0 Å². The Morgan fingerprint density at radius 2 is 1.24 bits per heavy atom. The van der Waals surface area contributed by atoms with Crippen LogP contribution < -0.4 is 5.73 Å². The van der Waals surface area contributed by atoms with Crippen molar-refractivity contribution in [3.63, 3.8) is 0 Å². The van der Waals surface area contributed by atoms with Crippen LogP contribution in [-0.2, 0) is 9.05 Å². The minimum Gasteiger partial charge on any atom is -0.330 e. The third kappa shape index (κ3) is 17.2. The molecule has 1 unspecified atom stereocenters. The fraction of sp³-hybridized carbons (Fsp3) is 0.957. The zero-order chi connectivity index (χ0) is 22.5. The molecule has 6 heteroatoms. The molecule has 0 amide bonds. The highest BCUT2D eigenvalue weighted by atomic mass is 31.2. The molecule has 0 radical (unpaired) electrons. The van der Waals surface area contributed by atoms with Gasteiger partial charge in [0.25, 0.3) is 8.53 Å². The van der Waals surface area contributed by atoms with Crippen LogP contribution in [0.25, 0.3) is 0 Å². The average Bonchev–Trinajstić information content (AvgIpc) is 2.70. The minimum absolute atomic E-state index is 0.360. The molecule has 0 aliphatic carbocycles. The lowest BCUT2D eigenvalue weighted by atomic mass is 10.1. The van der Waals surface area contributed by atoms with E-state index in [0.29, 0.717) is 25.1 Å². The third-order valence-electron chi connectivity index (χ3n) is 4.94. The highest BCUT2D eigenvalue weighted by Crippen LogP contribution is 2.46. The first-order valence-electron chi connectivity index (χ1n) is 12.4. The fourth-order valence-corrected chi connectivity index (χ4v) is 5.08. The highest BCUT2D eigenvalue weighted by Gasteiger charge is 2.26. The minimum atomic E-state index is -1.09. The SMILES string of the molecule is [3H]NCCCCCCCCCCCCCCOP(OCCC#N)N(C(C)C)C(C)C. The quantitative estimate of drug-likeness (QED) is 0.149. The van der Waals surface area contributed by atoms with E-state index in [9.17, 15) is 0 Å². The Bertz CT molecular complexity index is 400. The molecule has 5 nitrogen and oxygen atoms in total. The van der Waals surface area contributed by atoms with Gasteiger partial charge in [0, 0.05) is 12.1 Å². The molecular weight excluding hydrogens is 381 g/mol. The molecule has 1 atom stereocenters. The normalized spacial score (nSPS) is 13.2. The molecule has 172 valence electrons. The van der Waals surface area contributed by atoms with E-state index in [-0.39, 0.29) is 0 Å². The van der Waals surface area contributed by atoms with Crippen molar-refractivity contribution in [2.24, 2.45) is 5.73 Å². The Labute approximate surface area is 184 Å². The summed E-state index contributed by atoms with van der Waals surface area (Å²) < 4.78 is 21.2. The molecule has 29 heavy (non-hydrogen) atoms. The summed E-state index contributed by atoms with van der Waals surface area (Å²) in [6.07, 6.45) is 15.8. The van der Waals surface area contributed by atoms with Crippen LogP contribution in [0.1, 0.15) is 111 Å². The Kier molecular flexibility index (Phi) is 19.4. The van der Waals surface area contributed by atoms with Gasteiger partial charge < -0.3 is 14.8 Å². The summed E-state index contributed by atoms with van der Waals surface area (Å²) in [6.45, 7) is 10.7. The maximum atomic E-state index is 8.77. The van der Waals surface area contributed by atoms with E-state index < -0.39 is 8.53 Å². The van der Waals surface area contributed by atoms with Crippen LogP contribution in [-0.4, -0.2) is 36.5 Å². The molecule has 0 aromatic rings. The van der Waals surface area contributed by atoms with Crippen molar-refractivity contribution in [1.82, 2.24) is 4.67 Å². The summed E-state index contributed by atoms with van der Waals surface area (Å²) in [5.41, 5.74) is 2.46. The maximum Gasteiger partial charge on any atom is 0.259 e. The predicted octanol–water partition coefficient (Wildman–Crippen LogP) is 6.92. The largest absolute Gasteiger partial charge is 0.330 e. The van der Waals surface area contributed by atoms with E-state index in [0.717, 1.165) is 26.0 Å². The fourth-order valence-electron chi connectivity index (χ4n) is 3.45. The van der Waals surface area contributed by atoms with Crippen molar-refractivity contribution < 1.29 is 10.5 Å². The number of rotatable bonds is 22. The van der Waals surface area contributed by atoms with Crippen molar-refractivity contribution in [3.8, 4) is 6.07 Å². The molecular formula is C23H48N3O2P. The number of nitrogens with two attached hydrogens (primary N) is 1. The summed E-state index contributed by atoms with van der Waals surface area (Å²) >= 11 is 0. The lowest BCUT2D eigenvalue weighted by molar-refractivity contribution is 0.174. The first-order chi connectivity index (χ1) is 14.5. The number of hydrogen-bond donors (Lipinski definition) is 1. The topological polar surface area (TPSA) is 71.5 Å². The summed E-state index contributed by atoms with van der Waals surface area (Å²) in [5.74, 6) is 0. The zero-order valence-corrected chi connectivity index (χ0v) is 20.5. The third-order valence-corrected chi connectivity index (χ3v) is 7.04. The molecule has 0 aliphatic heterocycles. The smallest absolute Gasteiger partial charge is 0.259 e. The van der Waals surface area contributed by atoms with Crippen LogP contribution in [0.15, 0.2) is 0 Å². The second-order valence-electron chi connectivity index (χ2n) is 8.37. The molecule has 0 heterocycles. The van der Waals surface area contributed by atoms with Crippen LogP contribution in [0.2, 0.25) is 1.41 Å². The maximum absolute atomic E-state index is 8.77. The summed E-state index contributed by atoms with van der Waals surface area (Å²) in [5, 5.41) is 8.77. The molecule has 0 aromatic heterocycles. The molecule has 0 spiro atoms. The molecule has 0 bridgehead atoms. The average molecular weight is 432 g/mol. The number of nitrogens with zero attached hydrogens (tertiary/aromatic N) is 2. The first kappa shape index (κ1) is 26.8. The van der Waals surface area contributed by atoms with Crippen molar-refractivity contribution in [1.29, 1.82) is 5.26 Å². The van der Waals surface area contributed by atoms with Gasteiger partial charge in [-0.1, -0.05) is 64.2 Å². The van der Waals surface area contributed by atoms with E-state index in [1.165, 1.54) is 64.2 Å². The summed E-state index contributed by atoms with van der Waals surface area (Å²) in [7, 11) is -1.09. The second-order valence-corrected chi connectivity index (χ2v) is 9.83. The lowest BCUT2D eigenvalue weighted by Crippen LogP contribution is -2.33. The van der Waals surface area contributed by atoms with Crippen molar-refractivity contribution in [3.05, 3.63) is 0 Å². The molecule has 0 saturated heterocycles. The van der Waals surface area contributed by atoms with Gasteiger partial charge in [-0.3, -0.25) is 0 Å². The van der Waals surface area contributed by atoms with E-state index in [2.05, 4.69) is 44.2 Å². The molecule has 0 aromatic carbocycles. The van der Waals surface area contributed by atoms with E-state index >= 15 is 0 Å². The van der Waals surface area contributed by atoms with E-state index in [1.54, 1.807) is 0 Å². The van der Waals surface area contributed by atoms with E-state index in [4.69, 9.17) is 15.7 Å². The van der Waals surface area contributed by atoms with Gasteiger partial charge in [-0.25, -0.2) is 4.67 Å². The monoisotopic (exact) mass is 431 g/mol. The Morgan fingerprint density at radius 3 is 1.69 bits per heavy atom. The van der Waals surface area contributed by atoms with Crippen LogP contribution >= 0.6 is 8.53 Å². The first-order valence-corrected chi connectivity index (χ1v) is 13.0. The summed E-state index contributed by atoms with van der Waals surface area (Å²) in [4.78, 5) is 0.